The van der Waals surface area contributed by atoms with E-state index >= 15 is 0 Å². The number of para-hydroxylation sites is 2. The summed E-state index contributed by atoms with van der Waals surface area (Å²) in [6.45, 7) is 3.52. The van der Waals surface area contributed by atoms with Gasteiger partial charge in [-0.05, 0) is 43.7 Å². The molecule has 4 aromatic rings. The lowest BCUT2D eigenvalue weighted by Crippen LogP contribution is -2.40. The molecule has 0 atom stereocenters. The van der Waals surface area contributed by atoms with Crippen LogP contribution in [0.25, 0.3) is 15.9 Å². The highest BCUT2D eigenvalue weighted by Crippen LogP contribution is 2.30. The first-order valence-electron chi connectivity index (χ1n) is 11.8. The Morgan fingerprint density at radius 1 is 1.08 bits per heavy atom. The van der Waals surface area contributed by atoms with Crippen LogP contribution in [0.15, 0.2) is 58.1 Å². The average Bonchev–Trinajstić information content (AvgIpc) is 3.24. The average molecular weight is 537 g/mol. The van der Waals surface area contributed by atoms with E-state index in [-0.39, 0.29) is 21.8 Å². The number of rotatable bonds is 8. The zero-order valence-corrected chi connectivity index (χ0v) is 22.5. The van der Waals surface area contributed by atoms with Gasteiger partial charge in [-0.15, -0.1) is 11.3 Å². The Bertz CT molecular complexity index is 1650. The third kappa shape index (κ3) is 4.92. The summed E-state index contributed by atoms with van der Waals surface area (Å²) in [6, 6.07) is 13.5. The van der Waals surface area contributed by atoms with Crippen molar-refractivity contribution in [2.75, 3.05) is 33.1 Å². The second kappa shape index (κ2) is 10.9. The molecule has 2 aromatic carbocycles. The molecule has 38 heavy (non-hydrogen) atoms. The topological polar surface area (TPSA) is 112 Å². The van der Waals surface area contributed by atoms with Crippen molar-refractivity contribution in [1.82, 2.24) is 14.0 Å². The van der Waals surface area contributed by atoms with Crippen molar-refractivity contribution in [2.45, 2.75) is 20.4 Å². The molecular weight excluding hydrogens is 508 g/mol. The number of anilines is 1. The molecule has 0 saturated carbocycles. The number of hydrogen-bond acceptors (Lipinski definition) is 7. The number of aryl methyl sites for hydroxylation is 1. The van der Waals surface area contributed by atoms with Crippen LogP contribution in [-0.2, 0) is 11.3 Å². The fraction of sp³-hybridized carbons (Fsp3) is 0.259. The zero-order valence-electron chi connectivity index (χ0n) is 21.7. The Hall–Kier alpha value is -4.38. The molecule has 4 rings (SSSR count). The number of ether oxygens (including phenoxy) is 2. The van der Waals surface area contributed by atoms with E-state index in [1.165, 1.54) is 16.6 Å². The van der Waals surface area contributed by atoms with Crippen molar-refractivity contribution in [2.24, 2.45) is 0 Å². The fourth-order valence-corrected chi connectivity index (χ4v) is 5.37. The number of nitrogens with one attached hydrogen (secondary N) is 1. The number of benzene rings is 2. The number of thiophene rings is 1. The van der Waals surface area contributed by atoms with Crippen molar-refractivity contribution in [3.05, 3.63) is 79.8 Å². The highest BCUT2D eigenvalue weighted by molar-refractivity contribution is 7.20. The van der Waals surface area contributed by atoms with Gasteiger partial charge in [0.15, 0.2) is 0 Å². The maximum absolute atomic E-state index is 13.8. The maximum atomic E-state index is 13.8. The normalized spacial score (nSPS) is 10.9. The van der Waals surface area contributed by atoms with Crippen molar-refractivity contribution < 1.29 is 19.1 Å². The molecule has 198 valence electrons. The lowest BCUT2D eigenvalue weighted by molar-refractivity contribution is -0.116. The van der Waals surface area contributed by atoms with E-state index in [0.717, 1.165) is 15.9 Å². The van der Waals surface area contributed by atoms with E-state index in [4.69, 9.17) is 9.47 Å². The zero-order chi connectivity index (χ0) is 27.6. The maximum Gasteiger partial charge on any atom is 0.337 e. The Labute approximate surface area is 222 Å². The van der Waals surface area contributed by atoms with Gasteiger partial charge in [-0.25, -0.2) is 9.36 Å². The predicted octanol–water partition coefficient (Wildman–Crippen LogP) is 3.27. The number of fused-ring (bicyclic) bond motifs is 1. The van der Waals surface area contributed by atoms with E-state index in [2.05, 4.69) is 5.32 Å². The third-order valence-electron chi connectivity index (χ3n) is 5.89. The minimum atomic E-state index is -0.714. The molecule has 2 aromatic heterocycles. The molecule has 0 fully saturated rings. The Balaban J connectivity index is 1.91. The number of carbonyl (C=O) groups is 2. The summed E-state index contributed by atoms with van der Waals surface area (Å²) < 4.78 is 13.1. The second-order valence-electron chi connectivity index (χ2n) is 8.62. The standard InChI is InChI=1S/C27H28N4O6S/c1-6-37-20-13-8-7-12-19(20)28-21(32)15-30-26-22(16(2)23(38-26)25(34)29(3)4)24(33)31(27(30)35)17-10-9-11-18(14-17)36-5/h7-14H,6,15H2,1-5H3,(H,28,32). The molecule has 0 bridgehead atoms. The SMILES string of the molecule is CCOc1ccccc1NC(=O)Cn1c(=O)n(-c2cccc(OC)c2)c(=O)c2c(C)c(C(=O)N(C)C)sc21. The van der Waals surface area contributed by atoms with Crippen molar-refractivity contribution in [3.63, 3.8) is 0 Å². The minimum Gasteiger partial charge on any atom is -0.497 e. The molecule has 2 amide bonds. The van der Waals surface area contributed by atoms with E-state index in [1.54, 1.807) is 69.6 Å². The summed E-state index contributed by atoms with van der Waals surface area (Å²) in [6.07, 6.45) is 0. The number of methoxy groups -OCH3 is 1. The summed E-state index contributed by atoms with van der Waals surface area (Å²) in [7, 11) is 4.70. The van der Waals surface area contributed by atoms with Crippen LogP contribution in [-0.4, -0.2) is 53.7 Å². The third-order valence-corrected chi connectivity index (χ3v) is 7.19. The molecule has 10 nitrogen and oxygen atoms in total. The van der Waals surface area contributed by atoms with Crippen LogP contribution in [0.1, 0.15) is 22.2 Å². The number of hydrogen-bond donors (Lipinski definition) is 1. The predicted molar refractivity (Wildman–Crippen MR) is 147 cm³/mol. The molecule has 0 saturated heterocycles. The van der Waals surface area contributed by atoms with E-state index in [9.17, 15) is 19.2 Å². The van der Waals surface area contributed by atoms with Gasteiger partial charge < -0.3 is 19.7 Å². The summed E-state index contributed by atoms with van der Waals surface area (Å²) in [5, 5.41) is 2.99. The van der Waals surface area contributed by atoms with E-state index in [1.807, 2.05) is 6.92 Å². The van der Waals surface area contributed by atoms with Crippen LogP contribution in [0.4, 0.5) is 5.69 Å². The Kier molecular flexibility index (Phi) is 7.67. The van der Waals surface area contributed by atoms with Gasteiger partial charge in [0.2, 0.25) is 5.91 Å². The molecule has 0 aliphatic heterocycles. The van der Waals surface area contributed by atoms with E-state index in [0.29, 0.717) is 34.2 Å². The monoisotopic (exact) mass is 536 g/mol. The van der Waals surface area contributed by atoms with Crippen LogP contribution in [0, 0.1) is 6.92 Å². The summed E-state index contributed by atoms with van der Waals surface area (Å²) in [5.41, 5.74) is -0.114. The van der Waals surface area contributed by atoms with Gasteiger partial charge in [0.25, 0.3) is 11.5 Å². The van der Waals surface area contributed by atoms with Crippen LogP contribution in [0.3, 0.4) is 0 Å². The van der Waals surface area contributed by atoms with Crippen LogP contribution >= 0.6 is 11.3 Å². The molecule has 1 N–H and O–H groups in total. The highest BCUT2D eigenvalue weighted by Gasteiger charge is 2.25. The second-order valence-corrected chi connectivity index (χ2v) is 9.62. The first-order chi connectivity index (χ1) is 18.2. The first-order valence-corrected chi connectivity index (χ1v) is 12.7. The summed E-state index contributed by atoms with van der Waals surface area (Å²) in [5.74, 6) is 0.150. The Morgan fingerprint density at radius 2 is 1.82 bits per heavy atom. The van der Waals surface area contributed by atoms with E-state index < -0.39 is 23.7 Å². The van der Waals surface area contributed by atoms with Crippen molar-refractivity contribution in [3.8, 4) is 17.2 Å². The van der Waals surface area contributed by atoms with Crippen LogP contribution in [0.2, 0.25) is 0 Å². The van der Waals surface area contributed by atoms with Gasteiger partial charge in [-0.1, -0.05) is 18.2 Å². The van der Waals surface area contributed by atoms with Gasteiger partial charge in [0.05, 0.1) is 35.4 Å². The Morgan fingerprint density at radius 3 is 2.50 bits per heavy atom. The lowest BCUT2D eigenvalue weighted by Gasteiger charge is -2.14. The van der Waals surface area contributed by atoms with Crippen LogP contribution < -0.4 is 26.0 Å². The summed E-state index contributed by atoms with van der Waals surface area (Å²) in [4.78, 5) is 55.5. The fourth-order valence-electron chi connectivity index (χ4n) is 4.05. The molecule has 0 aliphatic rings. The highest BCUT2D eigenvalue weighted by atomic mass is 32.1. The molecule has 0 aliphatic carbocycles. The largest absolute Gasteiger partial charge is 0.497 e. The number of nitrogens with zero attached hydrogens (tertiary/aromatic N) is 3. The quantitative estimate of drug-likeness (QED) is 0.370. The van der Waals surface area contributed by atoms with Gasteiger partial charge in [-0.2, -0.15) is 0 Å². The molecule has 0 radical (unpaired) electrons. The van der Waals surface area contributed by atoms with Gasteiger partial charge in [0.1, 0.15) is 22.9 Å². The van der Waals surface area contributed by atoms with Crippen molar-refractivity contribution in [1.29, 1.82) is 0 Å². The number of aromatic nitrogens is 2. The smallest absolute Gasteiger partial charge is 0.337 e. The lowest BCUT2D eigenvalue weighted by atomic mass is 10.2. The molecule has 2 heterocycles. The molecule has 0 unspecified atom stereocenters. The van der Waals surface area contributed by atoms with Gasteiger partial charge in [0, 0.05) is 20.2 Å². The van der Waals surface area contributed by atoms with Gasteiger partial charge >= 0.3 is 5.69 Å². The van der Waals surface area contributed by atoms with Crippen molar-refractivity contribution >= 4 is 39.1 Å². The molecule has 0 spiro atoms. The number of amides is 2. The van der Waals surface area contributed by atoms with Crippen LogP contribution in [0.5, 0.6) is 11.5 Å². The minimum absolute atomic E-state index is 0.199. The molecular formula is C27H28N4O6S. The first kappa shape index (κ1) is 26.7. The van der Waals surface area contributed by atoms with Gasteiger partial charge in [-0.3, -0.25) is 19.0 Å². The summed E-state index contributed by atoms with van der Waals surface area (Å²) >= 11 is 1.02. The molecule has 11 heteroatoms. The number of carbonyl (C=O) groups excluding carboxylic acids is 2.